The Bertz CT molecular complexity index is 1040. The predicted molar refractivity (Wildman–Crippen MR) is 147 cm³/mol. The lowest BCUT2D eigenvalue weighted by Gasteiger charge is -2.27. The van der Waals surface area contributed by atoms with Crippen molar-refractivity contribution in [3.63, 3.8) is 0 Å². The van der Waals surface area contributed by atoms with Gasteiger partial charge < -0.3 is 15.0 Å². The van der Waals surface area contributed by atoms with Crippen LogP contribution in [0.2, 0.25) is 0 Å². The van der Waals surface area contributed by atoms with Crippen LogP contribution < -0.4 is 5.32 Å². The van der Waals surface area contributed by atoms with Gasteiger partial charge in [0.05, 0.1) is 11.4 Å². The van der Waals surface area contributed by atoms with Crippen molar-refractivity contribution in [1.29, 1.82) is 0 Å². The maximum absolute atomic E-state index is 14.1. The van der Waals surface area contributed by atoms with E-state index in [2.05, 4.69) is 17.2 Å². The third-order valence-corrected chi connectivity index (χ3v) is 7.56. The highest BCUT2D eigenvalue weighted by Crippen LogP contribution is 2.36. The Morgan fingerprint density at radius 3 is 2.43 bits per heavy atom. The minimum absolute atomic E-state index is 0.0564. The third kappa shape index (κ3) is 11.0. The molecule has 0 fully saturated rings. The number of benzene rings is 1. The lowest BCUT2D eigenvalue weighted by Crippen LogP contribution is -2.37. The van der Waals surface area contributed by atoms with E-state index in [0.29, 0.717) is 19.5 Å². The van der Waals surface area contributed by atoms with Gasteiger partial charge in [-0.05, 0) is 53.2 Å². The molecule has 0 unspecified atom stereocenters. The number of nitrogens with zero attached hydrogens (tertiary/aromatic N) is 2. The van der Waals surface area contributed by atoms with Crippen molar-refractivity contribution in [3.8, 4) is 0 Å². The molecule has 0 radical (unpaired) electrons. The third-order valence-electron chi connectivity index (χ3n) is 5.39. The first kappa shape index (κ1) is 31.0. The van der Waals surface area contributed by atoms with Gasteiger partial charge in [-0.3, -0.25) is 4.79 Å². The van der Waals surface area contributed by atoms with Crippen molar-refractivity contribution in [2.75, 3.05) is 18.4 Å². The fourth-order valence-electron chi connectivity index (χ4n) is 3.37. The van der Waals surface area contributed by atoms with E-state index in [1.165, 1.54) is 29.2 Å². The number of unbranched alkanes of at least 4 members (excludes halogenated alkanes) is 4. The lowest BCUT2D eigenvalue weighted by molar-refractivity contribution is -0.156. The molecule has 1 aromatic heterocycles. The molecule has 2 aromatic rings. The van der Waals surface area contributed by atoms with E-state index in [0.717, 1.165) is 54.3 Å². The molecule has 37 heavy (non-hydrogen) atoms. The van der Waals surface area contributed by atoms with Gasteiger partial charge in [-0.1, -0.05) is 44.4 Å². The van der Waals surface area contributed by atoms with Crippen LogP contribution in [0, 0.1) is 11.6 Å². The maximum atomic E-state index is 14.1. The van der Waals surface area contributed by atoms with Crippen molar-refractivity contribution in [3.05, 3.63) is 40.9 Å². The van der Waals surface area contributed by atoms with E-state index in [1.807, 2.05) is 40.0 Å². The molecule has 0 saturated carbocycles. The summed E-state index contributed by atoms with van der Waals surface area (Å²) in [6.45, 7) is 12.2. The van der Waals surface area contributed by atoms with Crippen molar-refractivity contribution < 1.29 is 23.1 Å². The number of thiazole rings is 1. The van der Waals surface area contributed by atoms with Crippen LogP contribution in [0.15, 0.2) is 27.9 Å². The van der Waals surface area contributed by atoms with Crippen LogP contribution in [-0.2, 0) is 16.0 Å². The zero-order valence-corrected chi connectivity index (χ0v) is 24.3. The smallest absolute Gasteiger partial charge is 0.322 e. The second-order valence-corrected chi connectivity index (χ2v) is 13.2. The van der Waals surface area contributed by atoms with Crippen LogP contribution in [0.3, 0.4) is 0 Å². The summed E-state index contributed by atoms with van der Waals surface area (Å²) in [6.07, 6.45) is 5.72. The fourth-order valence-corrected chi connectivity index (χ4v) is 5.63. The number of thioether (sulfide) groups is 1. The number of ether oxygens (including phenoxy) is 1. The van der Waals surface area contributed by atoms with E-state index < -0.39 is 28.0 Å². The second-order valence-electron chi connectivity index (χ2n) is 10.4. The summed E-state index contributed by atoms with van der Waals surface area (Å²) >= 11 is 2.79. The fraction of sp³-hybridized carbons (Fsp3) is 0.593. The number of amides is 2. The summed E-state index contributed by atoms with van der Waals surface area (Å²) in [7, 11) is 0. The molecular weight excluding hydrogens is 516 g/mol. The molecule has 10 heteroatoms. The summed E-state index contributed by atoms with van der Waals surface area (Å²) in [5.74, 6) is -1.82. The number of aromatic nitrogens is 1. The van der Waals surface area contributed by atoms with Gasteiger partial charge in [-0.15, -0.1) is 11.3 Å². The first-order valence-corrected chi connectivity index (χ1v) is 14.4. The van der Waals surface area contributed by atoms with Gasteiger partial charge >= 0.3 is 12.0 Å². The number of esters is 1. The number of urea groups is 1. The Labute approximate surface area is 227 Å². The Balaban J connectivity index is 2.02. The Morgan fingerprint density at radius 2 is 1.78 bits per heavy atom. The minimum atomic E-state index is -0.815. The van der Waals surface area contributed by atoms with Crippen molar-refractivity contribution >= 4 is 40.8 Å². The maximum Gasteiger partial charge on any atom is 0.322 e. The number of anilines is 1. The Morgan fingerprint density at radius 1 is 1.08 bits per heavy atom. The quantitative estimate of drug-likeness (QED) is 0.156. The summed E-state index contributed by atoms with van der Waals surface area (Å²) in [5, 5.41) is 4.49. The first-order chi connectivity index (χ1) is 17.3. The molecule has 0 aliphatic heterocycles. The van der Waals surface area contributed by atoms with Crippen LogP contribution in [0.4, 0.5) is 19.3 Å². The normalized spacial score (nSPS) is 11.9. The molecule has 0 spiro atoms. The molecule has 0 aliphatic carbocycles. The highest BCUT2D eigenvalue weighted by Gasteiger charge is 2.34. The summed E-state index contributed by atoms with van der Waals surface area (Å²) in [5.41, 5.74) is 0.184. The first-order valence-electron chi connectivity index (χ1n) is 12.7. The highest BCUT2D eigenvalue weighted by molar-refractivity contribution is 8.03. The highest BCUT2D eigenvalue weighted by atomic mass is 32.2. The van der Waals surface area contributed by atoms with Crippen LogP contribution in [0.5, 0.6) is 0 Å². The number of hydrogen-bond acceptors (Lipinski definition) is 6. The van der Waals surface area contributed by atoms with Crippen LogP contribution in [-0.4, -0.2) is 45.3 Å². The number of halogens is 2. The molecular formula is C27H39F2N3O3S2. The topological polar surface area (TPSA) is 71.5 Å². The molecule has 1 N–H and O–H groups in total. The molecule has 0 bridgehead atoms. The summed E-state index contributed by atoms with van der Waals surface area (Å²) in [4.78, 5) is 31.8. The molecule has 206 valence electrons. The van der Waals surface area contributed by atoms with Crippen molar-refractivity contribution in [1.82, 2.24) is 9.88 Å². The molecule has 1 aromatic carbocycles. The average molecular weight is 556 g/mol. The monoisotopic (exact) mass is 555 g/mol. The molecule has 2 amide bonds. The zero-order chi connectivity index (χ0) is 27.6. The number of rotatable bonds is 13. The van der Waals surface area contributed by atoms with Gasteiger partial charge in [0.15, 0.2) is 4.34 Å². The van der Waals surface area contributed by atoms with E-state index >= 15 is 0 Å². The SMILES string of the molecule is CCCCCCCN(CCc1csc(SC(C)(C)C(=O)OC(C)(C)C)n1)C(=O)Nc1ccc(F)cc1F. The number of carbonyl (C=O) groups excluding carboxylic acids is 2. The number of carbonyl (C=O) groups is 2. The average Bonchev–Trinajstić information content (AvgIpc) is 3.22. The van der Waals surface area contributed by atoms with Crippen molar-refractivity contribution in [2.45, 2.75) is 94.8 Å². The molecule has 6 nitrogen and oxygen atoms in total. The van der Waals surface area contributed by atoms with Crippen LogP contribution >= 0.6 is 23.1 Å². The predicted octanol–water partition coefficient (Wildman–Crippen LogP) is 7.68. The lowest BCUT2D eigenvalue weighted by atomic mass is 10.1. The summed E-state index contributed by atoms with van der Waals surface area (Å²) in [6, 6.07) is 2.65. The van der Waals surface area contributed by atoms with Crippen LogP contribution in [0.1, 0.15) is 79.3 Å². The molecule has 2 rings (SSSR count). The molecule has 0 saturated heterocycles. The Hall–Kier alpha value is -2.20. The largest absolute Gasteiger partial charge is 0.459 e. The van der Waals surface area contributed by atoms with E-state index in [9.17, 15) is 18.4 Å². The molecule has 0 atom stereocenters. The van der Waals surface area contributed by atoms with Gasteiger partial charge in [-0.25, -0.2) is 18.6 Å². The second kappa shape index (κ2) is 14.1. The number of hydrogen-bond donors (Lipinski definition) is 1. The van der Waals surface area contributed by atoms with Gasteiger partial charge in [0.1, 0.15) is 22.0 Å². The number of nitrogens with one attached hydrogen (secondary N) is 1. The summed E-state index contributed by atoms with van der Waals surface area (Å²) < 4.78 is 32.8. The van der Waals surface area contributed by atoms with Crippen molar-refractivity contribution in [2.24, 2.45) is 0 Å². The van der Waals surface area contributed by atoms with Gasteiger partial charge in [-0.2, -0.15) is 0 Å². The minimum Gasteiger partial charge on any atom is -0.459 e. The standard InChI is InChI=1S/C27H39F2N3O3S2/c1-7-8-9-10-11-15-32(24(34)31-22-13-12-19(28)17-21(22)29)16-14-20-18-36-25(30-20)37-27(5,6)23(33)35-26(2,3)4/h12-13,17-18H,7-11,14-16H2,1-6H3,(H,31,34). The van der Waals surface area contributed by atoms with Gasteiger partial charge in [0, 0.05) is 31.0 Å². The van der Waals surface area contributed by atoms with E-state index in [1.54, 1.807) is 4.90 Å². The van der Waals surface area contributed by atoms with E-state index in [4.69, 9.17) is 4.74 Å². The molecule has 1 heterocycles. The molecule has 0 aliphatic rings. The Kier molecular flexibility index (Phi) is 11.8. The van der Waals surface area contributed by atoms with E-state index in [-0.39, 0.29) is 11.7 Å². The van der Waals surface area contributed by atoms with Gasteiger partial charge in [0.2, 0.25) is 0 Å². The van der Waals surface area contributed by atoms with Crippen LogP contribution in [0.25, 0.3) is 0 Å². The zero-order valence-electron chi connectivity index (χ0n) is 22.7. The van der Waals surface area contributed by atoms with Gasteiger partial charge in [0.25, 0.3) is 0 Å².